The summed E-state index contributed by atoms with van der Waals surface area (Å²) in [6.45, 7) is 2.37. The number of nitrogens with zero attached hydrogens (tertiary/aromatic N) is 3. The van der Waals surface area contributed by atoms with Crippen LogP contribution in [0.3, 0.4) is 0 Å². The van der Waals surface area contributed by atoms with Crippen molar-refractivity contribution in [3.63, 3.8) is 0 Å². The van der Waals surface area contributed by atoms with Crippen molar-refractivity contribution < 1.29 is 18.7 Å². The number of rotatable bonds is 8. The van der Waals surface area contributed by atoms with Crippen LogP contribution >= 0.6 is 0 Å². The summed E-state index contributed by atoms with van der Waals surface area (Å²) >= 11 is 0. The number of hydrazine groups is 1. The maximum atomic E-state index is 14.7. The van der Waals surface area contributed by atoms with Crippen LogP contribution in [0.15, 0.2) is 42.6 Å². The van der Waals surface area contributed by atoms with Crippen molar-refractivity contribution in [3.05, 3.63) is 77.4 Å². The average molecular weight is 544 g/mol. The van der Waals surface area contributed by atoms with Gasteiger partial charge in [-0.05, 0) is 56.2 Å². The number of aromatic amines is 1. The fourth-order valence-corrected chi connectivity index (χ4v) is 5.21. The first-order valence-electron chi connectivity index (χ1n) is 13.0. The van der Waals surface area contributed by atoms with E-state index in [0.717, 1.165) is 22.3 Å². The molecule has 2 unspecified atom stereocenters. The number of H-pyrrole nitrogens is 1. The van der Waals surface area contributed by atoms with Crippen LogP contribution in [0.4, 0.5) is 4.39 Å². The lowest BCUT2D eigenvalue weighted by molar-refractivity contribution is -0.128. The van der Waals surface area contributed by atoms with E-state index in [1.165, 1.54) is 13.2 Å². The fraction of sp³-hybridized carbons (Fsp3) is 0.310. The van der Waals surface area contributed by atoms with Gasteiger partial charge in [-0.25, -0.2) is 10.2 Å². The molecule has 1 fully saturated rings. The van der Waals surface area contributed by atoms with E-state index in [-0.39, 0.29) is 30.8 Å². The molecular weight excluding hydrogens is 513 g/mol. The van der Waals surface area contributed by atoms with Crippen LogP contribution in [0, 0.1) is 24.9 Å². The fourth-order valence-electron chi connectivity index (χ4n) is 5.21. The van der Waals surface area contributed by atoms with Crippen LogP contribution in [0.25, 0.3) is 22.2 Å². The number of hydrogen-bond donors (Lipinski definition) is 4. The van der Waals surface area contributed by atoms with E-state index < -0.39 is 11.9 Å². The second-order valence-corrected chi connectivity index (χ2v) is 9.86. The van der Waals surface area contributed by atoms with Crippen LogP contribution in [-0.2, 0) is 22.6 Å². The summed E-state index contributed by atoms with van der Waals surface area (Å²) in [6.07, 6.45) is 2.84. The second kappa shape index (κ2) is 11.7. The first-order valence-corrected chi connectivity index (χ1v) is 13.0. The van der Waals surface area contributed by atoms with Gasteiger partial charge in [0.1, 0.15) is 22.8 Å². The molecule has 1 aliphatic rings. The standard InChI is InChI=1S/C29H30FN7O3/c1-17-12-19(10-11-32-17)28-21-13-18(6-8-24(21)35-36-28)14-27(38)33-20-7-9-25(29(39)34-31)37(15-20)16-22-23(30)4-3-5-26(22)40-2/h3-5,10-13,20,25H,7,9,14-16,31H2,1-2H3,(H,33,38)(H,34,39)(H,35,36). The van der Waals surface area contributed by atoms with E-state index >= 15 is 0 Å². The van der Waals surface area contributed by atoms with Gasteiger partial charge in [0, 0.05) is 53.1 Å². The van der Waals surface area contributed by atoms with Gasteiger partial charge in [0.25, 0.3) is 5.91 Å². The normalized spacial score (nSPS) is 17.3. The number of methoxy groups -OCH3 is 1. The maximum Gasteiger partial charge on any atom is 0.251 e. The highest BCUT2D eigenvalue weighted by molar-refractivity contribution is 5.93. The molecule has 40 heavy (non-hydrogen) atoms. The third-order valence-corrected chi connectivity index (χ3v) is 7.14. The van der Waals surface area contributed by atoms with Crippen LogP contribution in [-0.4, -0.2) is 57.6 Å². The first kappa shape index (κ1) is 27.1. The number of nitrogens with two attached hydrogens (primary N) is 1. The molecule has 0 aliphatic carbocycles. The van der Waals surface area contributed by atoms with E-state index in [1.54, 1.807) is 18.3 Å². The monoisotopic (exact) mass is 543 g/mol. The van der Waals surface area contributed by atoms with Gasteiger partial charge >= 0.3 is 0 Å². The third kappa shape index (κ3) is 5.73. The molecule has 2 aromatic carbocycles. The number of carbonyl (C=O) groups is 2. The predicted octanol–water partition coefficient (Wildman–Crippen LogP) is 2.36. The Balaban J connectivity index is 1.30. The zero-order valence-electron chi connectivity index (χ0n) is 22.3. The molecule has 4 aromatic rings. The minimum Gasteiger partial charge on any atom is -0.496 e. The quantitative estimate of drug-likeness (QED) is 0.152. The summed E-state index contributed by atoms with van der Waals surface area (Å²) in [5.41, 5.74) is 6.45. The van der Waals surface area contributed by atoms with E-state index in [2.05, 4.69) is 38.1 Å². The van der Waals surface area contributed by atoms with Gasteiger partial charge in [-0.1, -0.05) is 12.1 Å². The van der Waals surface area contributed by atoms with E-state index in [0.29, 0.717) is 41.8 Å². The van der Waals surface area contributed by atoms with Gasteiger partial charge in [0.05, 0.1) is 19.6 Å². The Labute approximate surface area is 231 Å². The SMILES string of the molecule is COc1cccc(F)c1CN1CC(NC(=O)Cc2c#cc3[nH]nc(-c4ccnc(C)c4)c3c2)CCC1C(=O)NN. The molecule has 5 N–H and O–H groups in total. The van der Waals surface area contributed by atoms with Crippen molar-refractivity contribution in [2.24, 2.45) is 5.84 Å². The van der Waals surface area contributed by atoms with Crippen molar-refractivity contribution in [1.29, 1.82) is 0 Å². The number of hydrogen-bond acceptors (Lipinski definition) is 7. The molecule has 10 nitrogen and oxygen atoms in total. The Bertz CT molecular complexity index is 1540. The number of fused-ring (bicyclic) bond motifs is 1. The van der Waals surface area contributed by atoms with Gasteiger partial charge in [-0.15, -0.1) is 0 Å². The highest BCUT2D eigenvalue weighted by Gasteiger charge is 2.34. The zero-order valence-corrected chi connectivity index (χ0v) is 22.3. The summed E-state index contributed by atoms with van der Waals surface area (Å²) in [5, 5.41) is 11.3. The Morgan fingerprint density at radius 3 is 2.88 bits per heavy atom. The van der Waals surface area contributed by atoms with Gasteiger partial charge in [0.15, 0.2) is 0 Å². The Hall–Kier alpha value is -4.53. The molecule has 206 valence electrons. The van der Waals surface area contributed by atoms with Gasteiger partial charge in [0.2, 0.25) is 5.91 Å². The first-order chi connectivity index (χ1) is 19.4. The minimum atomic E-state index is -0.566. The second-order valence-electron chi connectivity index (χ2n) is 9.86. The number of halogens is 1. The summed E-state index contributed by atoms with van der Waals surface area (Å²) in [7, 11) is 1.47. The molecule has 0 spiro atoms. The average Bonchev–Trinajstić information content (AvgIpc) is 3.37. The van der Waals surface area contributed by atoms with E-state index in [1.807, 2.05) is 30.0 Å². The van der Waals surface area contributed by atoms with Crippen molar-refractivity contribution >= 4 is 22.7 Å². The third-order valence-electron chi connectivity index (χ3n) is 7.14. The predicted molar refractivity (Wildman–Crippen MR) is 146 cm³/mol. The zero-order chi connectivity index (χ0) is 28.2. The van der Waals surface area contributed by atoms with Crippen LogP contribution in [0.1, 0.15) is 29.7 Å². The molecule has 2 aromatic heterocycles. The molecule has 5 rings (SSSR count). The topological polar surface area (TPSA) is 138 Å². The number of nitrogens with one attached hydrogen (secondary N) is 3. The lowest BCUT2D eigenvalue weighted by Crippen LogP contribution is -2.57. The number of amides is 2. The van der Waals surface area contributed by atoms with Crippen molar-refractivity contribution in [2.45, 2.75) is 44.8 Å². The molecular formula is C29H30FN7O3. The lowest BCUT2D eigenvalue weighted by Gasteiger charge is -2.39. The van der Waals surface area contributed by atoms with Crippen LogP contribution in [0.2, 0.25) is 0 Å². The van der Waals surface area contributed by atoms with E-state index in [4.69, 9.17) is 10.6 Å². The lowest BCUT2D eigenvalue weighted by atomic mass is 9.96. The molecule has 0 bridgehead atoms. The number of aromatic nitrogens is 3. The number of benzene rings is 1. The smallest absolute Gasteiger partial charge is 0.251 e. The molecule has 1 aliphatic heterocycles. The molecule has 3 heterocycles. The highest BCUT2D eigenvalue weighted by atomic mass is 19.1. The summed E-state index contributed by atoms with van der Waals surface area (Å²) < 4.78 is 20.0. The largest absolute Gasteiger partial charge is 0.496 e. The molecule has 0 radical (unpaired) electrons. The molecule has 2 atom stereocenters. The van der Waals surface area contributed by atoms with Gasteiger partial charge in [-0.2, -0.15) is 5.10 Å². The molecule has 0 saturated carbocycles. The molecule has 11 heteroatoms. The van der Waals surface area contributed by atoms with Crippen LogP contribution in [0.5, 0.6) is 5.75 Å². The number of ether oxygens (including phenoxy) is 1. The Morgan fingerprint density at radius 1 is 1.25 bits per heavy atom. The Morgan fingerprint density at radius 2 is 2.10 bits per heavy atom. The van der Waals surface area contributed by atoms with Crippen LogP contribution < -0.4 is 21.3 Å². The number of likely N-dealkylation sites (tertiary alicyclic amines) is 1. The summed E-state index contributed by atoms with van der Waals surface area (Å²) in [4.78, 5) is 31.6. The highest BCUT2D eigenvalue weighted by Crippen LogP contribution is 2.28. The Kier molecular flexibility index (Phi) is 7.91. The van der Waals surface area contributed by atoms with Crippen molar-refractivity contribution in [2.75, 3.05) is 13.7 Å². The van der Waals surface area contributed by atoms with E-state index in [9.17, 15) is 14.0 Å². The van der Waals surface area contributed by atoms with Crippen molar-refractivity contribution in [3.8, 4) is 17.0 Å². The number of pyridine rings is 1. The maximum absolute atomic E-state index is 14.7. The summed E-state index contributed by atoms with van der Waals surface area (Å²) in [6, 6.07) is 15.6. The minimum absolute atomic E-state index is 0.0940. The molecule has 1 saturated heterocycles. The van der Waals surface area contributed by atoms with Gasteiger partial charge in [-0.3, -0.25) is 30.0 Å². The van der Waals surface area contributed by atoms with Gasteiger partial charge < -0.3 is 10.1 Å². The number of carbonyl (C=O) groups excluding carboxylic acids is 2. The number of piperidine rings is 1. The summed E-state index contributed by atoms with van der Waals surface area (Å²) in [5.74, 6) is 4.83. The van der Waals surface area contributed by atoms with Crippen molar-refractivity contribution in [1.82, 2.24) is 30.8 Å². The molecule has 2 amide bonds. The number of aryl methyl sites for hydroxylation is 1.